The summed E-state index contributed by atoms with van der Waals surface area (Å²) in [6, 6.07) is 33.7. The predicted molar refractivity (Wildman–Crippen MR) is 207 cm³/mol. The van der Waals surface area contributed by atoms with E-state index in [-0.39, 0.29) is 30.3 Å². The number of phenols is 1. The van der Waals surface area contributed by atoms with Crippen molar-refractivity contribution in [3.05, 3.63) is 184 Å². The van der Waals surface area contributed by atoms with E-state index in [0.717, 1.165) is 10.5 Å². The fourth-order valence-corrected chi connectivity index (χ4v) is 8.71. The number of nitrogens with one attached hydrogen (secondary N) is 1. The molecule has 2 N–H and O–H groups in total. The van der Waals surface area contributed by atoms with Crippen LogP contribution in [-0.2, 0) is 35.9 Å². The van der Waals surface area contributed by atoms with Crippen molar-refractivity contribution in [1.82, 2.24) is 10.2 Å². The molecular formula is C44H36N4O9. The number of phenolic OH excluding ortho intramolecular Hbond substituents is 1. The summed E-state index contributed by atoms with van der Waals surface area (Å²) in [6.45, 7) is 3.44. The maximum atomic E-state index is 15.8. The van der Waals surface area contributed by atoms with Crippen LogP contribution >= 0.6 is 0 Å². The predicted octanol–water partition coefficient (Wildman–Crippen LogP) is 6.60. The van der Waals surface area contributed by atoms with E-state index in [9.17, 15) is 29.6 Å². The molecule has 8 rings (SSSR count). The number of fused-ring (bicyclic) bond motifs is 3. The molecule has 5 aromatic carbocycles. The zero-order valence-electron chi connectivity index (χ0n) is 30.3. The molecule has 3 aliphatic heterocycles. The van der Waals surface area contributed by atoms with Crippen LogP contribution in [0.2, 0.25) is 0 Å². The van der Waals surface area contributed by atoms with Gasteiger partial charge in [0.15, 0.2) is 0 Å². The Labute approximate surface area is 326 Å². The highest BCUT2D eigenvalue weighted by molar-refractivity contribution is 6.23. The number of carbonyl (C=O) groups is 4. The van der Waals surface area contributed by atoms with Crippen LogP contribution in [0.4, 0.5) is 16.2 Å². The van der Waals surface area contributed by atoms with Gasteiger partial charge in [0.25, 0.3) is 5.69 Å². The summed E-state index contributed by atoms with van der Waals surface area (Å²) in [4.78, 5) is 73.1. The first-order valence-corrected chi connectivity index (χ1v) is 18.3. The third kappa shape index (κ3) is 6.08. The number of nitro groups is 1. The standard InChI is InChI=1S/C44H36N4O9/c1-2-25-45-40(50)35-37-41(51)57-38(29-13-7-4-8-14-29)36(28-11-5-3-6-12-28)47(37)39(30-19-23-32(49)24-20-30)44(35)33-15-9-10-16-34(33)46(42(44)52)43(53)56-26-27-17-21-31(22-18-27)48(54)55/h2-24,35-39,49H,1,25-26H2,(H,45,50). The Balaban J connectivity index is 1.35. The number of carbonyl (C=O) groups excluding carboxylic acids is 4. The lowest BCUT2D eigenvalue weighted by Gasteiger charge is -2.46. The van der Waals surface area contributed by atoms with Gasteiger partial charge in [0.05, 0.1) is 28.6 Å². The number of hydrogen-bond donors (Lipinski definition) is 2. The fraction of sp³-hybridized carbons (Fsp3) is 0.182. The van der Waals surface area contributed by atoms with Crippen LogP contribution in [0, 0.1) is 16.0 Å². The summed E-state index contributed by atoms with van der Waals surface area (Å²) >= 11 is 0. The minimum atomic E-state index is -1.95. The van der Waals surface area contributed by atoms with Gasteiger partial charge in [0.2, 0.25) is 11.8 Å². The van der Waals surface area contributed by atoms with Crippen molar-refractivity contribution in [1.29, 1.82) is 0 Å². The van der Waals surface area contributed by atoms with Gasteiger partial charge in [0, 0.05) is 18.7 Å². The van der Waals surface area contributed by atoms with Crippen molar-refractivity contribution in [2.24, 2.45) is 5.92 Å². The van der Waals surface area contributed by atoms with Crippen LogP contribution in [0.3, 0.4) is 0 Å². The maximum absolute atomic E-state index is 15.8. The van der Waals surface area contributed by atoms with Crippen LogP contribution in [0.25, 0.3) is 0 Å². The largest absolute Gasteiger partial charge is 0.508 e. The molecule has 57 heavy (non-hydrogen) atoms. The minimum absolute atomic E-state index is 0.0165. The molecule has 0 radical (unpaired) electrons. The Hall–Kier alpha value is -7.12. The number of nitro benzene ring substituents is 1. The number of amides is 3. The number of rotatable bonds is 9. The van der Waals surface area contributed by atoms with Crippen LogP contribution in [-0.4, -0.2) is 51.4 Å². The molecule has 6 atom stereocenters. The molecule has 5 aromatic rings. The van der Waals surface area contributed by atoms with Crippen molar-refractivity contribution in [2.75, 3.05) is 11.4 Å². The average molecular weight is 765 g/mol. The Morgan fingerprint density at radius 2 is 1.47 bits per heavy atom. The van der Waals surface area contributed by atoms with E-state index in [4.69, 9.17) is 9.47 Å². The number of non-ortho nitro benzene ring substituents is 1. The summed E-state index contributed by atoms with van der Waals surface area (Å²) in [5, 5.41) is 24.5. The Bertz CT molecular complexity index is 2370. The van der Waals surface area contributed by atoms with Gasteiger partial charge in [-0.05, 0) is 58.1 Å². The molecule has 1 spiro atoms. The highest BCUT2D eigenvalue weighted by Crippen LogP contribution is 2.65. The molecule has 0 saturated carbocycles. The number of para-hydroxylation sites is 1. The summed E-state index contributed by atoms with van der Waals surface area (Å²) in [5.74, 6) is -3.69. The smallest absolute Gasteiger partial charge is 0.421 e. The van der Waals surface area contributed by atoms with E-state index in [0.29, 0.717) is 22.3 Å². The lowest BCUT2D eigenvalue weighted by atomic mass is 9.65. The van der Waals surface area contributed by atoms with Gasteiger partial charge < -0.3 is 19.9 Å². The van der Waals surface area contributed by atoms with E-state index in [2.05, 4.69) is 11.9 Å². The van der Waals surface area contributed by atoms with Crippen LogP contribution in [0.5, 0.6) is 5.75 Å². The SMILES string of the molecule is C=CCNC(=O)C1C2C(=O)OC(c3ccccc3)C(c3ccccc3)N2C(c2ccc(O)cc2)C12C(=O)N(C(=O)OCc1ccc([N+](=O)[O-])cc1)c1ccccc12. The molecule has 3 aliphatic rings. The van der Waals surface area contributed by atoms with E-state index >= 15 is 4.79 Å². The zero-order chi connectivity index (χ0) is 39.8. The third-order valence-electron chi connectivity index (χ3n) is 11.0. The number of hydrogen-bond acceptors (Lipinski definition) is 10. The third-order valence-corrected chi connectivity index (χ3v) is 11.0. The fourth-order valence-electron chi connectivity index (χ4n) is 8.71. The lowest BCUT2D eigenvalue weighted by molar-refractivity contribution is -0.384. The Morgan fingerprint density at radius 3 is 2.12 bits per heavy atom. The van der Waals surface area contributed by atoms with Crippen LogP contribution in [0.1, 0.15) is 46.0 Å². The van der Waals surface area contributed by atoms with Gasteiger partial charge in [-0.15, -0.1) is 6.58 Å². The van der Waals surface area contributed by atoms with Gasteiger partial charge >= 0.3 is 12.1 Å². The van der Waals surface area contributed by atoms with Crippen LogP contribution < -0.4 is 10.2 Å². The lowest BCUT2D eigenvalue weighted by Crippen LogP contribution is -2.55. The highest BCUT2D eigenvalue weighted by Gasteiger charge is 2.75. The number of aromatic hydroxyl groups is 1. The molecule has 13 heteroatoms. The van der Waals surface area contributed by atoms with Gasteiger partial charge in [-0.1, -0.05) is 97.1 Å². The monoisotopic (exact) mass is 764 g/mol. The highest BCUT2D eigenvalue weighted by atomic mass is 16.6. The summed E-state index contributed by atoms with van der Waals surface area (Å²) in [5.41, 5.74) is 0.729. The maximum Gasteiger partial charge on any atom is 0.421 e. The normalized spacial score (nSPS) is 23.6. The molecule has 2 saturated heterocycles. The number of nitrogens with zero attached hydrogens (tertiary/aromatic N) is 3. The number of esters is 1. The second kappa shape index (κ2) is 14.8. The molecule has 13 nitrogen and oxygen atoms in total. The van der Waals surface area contributed by atoms with Crippen LogP contribution in [0.15, 0.2) is 146 Å². The van der Waals surface area contributed by atoms with E-state index in [1.54, 1.807) is 36.4 Å². The summed E-state index contributed by atoms with van der Waals surface area (Å²) in [7, 11) is 0. The van der Waals surface area contributed by atoms with E-state index in [1.807, 2.05) is 65.6 Å². The van der Waals surface area contributed by atoms with E-state index < -0.39 is 64.4 Å². The Morgan fingerprint density at radius 1 is 0.842 bits per heavy atom. The molecule has 6 unspecified atom stereocenters. The van der Waals surface area contributed by atoms with Crippen molar-refractivity contribution < 1.29 is 38.7 Å². The molecule has 0 aliphatic carbocycles. The first-order valence-electron chi connectivity index (χ1n) is 18.3. The first kappa shape index (κ1) is 36.8. The number of morpholine rings is 1. The van der Waals surface area contributed by atoms with Crippen molar-refractivity contribution in [3.63, 3.8) is 0 Å². The first-order chi connectivity index (χ1) is 27.7. The average Bonchev–Trinajstić information content (AvgIpc) is 3.69. The molecule has 0 aromatic heterocycles. The minimum Gasteiger partial charge on any atom is -0.508 e. The van der Waals surface area contributed by atoms with Crippen molar-refractivity contribution in [2.45, 2.75) is 36.3 Å². The van der Waals surface area contributed by atoms with Gasteiger partial charge in [-0.3, -0.25) is 29.4 Å². The molecule has 2 fully saturated rings. The zero-order valence-corrected chi connectivity index (χ0v) is 30.3. The molecular weight excluding hydrogens is 729 g/mol. The summed E-state index contributed by atoms with van der Waals surface area (Å²) in [6.07, 6.45) is -0.455. The van der Waals surface area contributed by atoms with Crippen molar-refractivity contribution >= 4 is 35.3 Å². The van der Waals surface area contributed by atoms with E-state index in [1.165, 1.54) is 42.5 Å². The number of ether oxygens (including phenoxy) is 2. The van der Waals surface area contributed by atoms with Gasteiger partial charge in [-0.25, -0.2) is 9.69 Å². The van der Waals surface area contributed by atoms with Crippen molar-refractivity contribution in [3.8, 4) is 5.75 Å². The number of benzene rings is 5. The second-order valence-corrected chi connectivity index (χ2v) is 14.0. The summed E-state index contributed by atoms with van der Waals surface area (Å²) < 4.78 is 12.1. The molecule has 286 valence electrons. The molecule has 3 amide bonds. The molecule has 0 bridgehead atoms. The number of anilines is 1. The van der Waals surface area contributed by atoms with Gasteiger partial charge in [-0.2, -0.15) is 0 Å². The second-order valence-electron chi connectivity index (χ2n) is 14.0. The quantitative estimate of drug-likeness (QED) is 0.0722. The topological polar surface area (TPSA) is 169 Å². The molecule has 3 heterocycles. The van der Waals surface area contributed by atoms with Gasteiger partial charge in [0.1, 0.15) is 29.9 Å². The number of imide groups is 1. The Kier molecular flexibility index (Phi) is 9.59. The number of cyclic esters (lactones) is 1.